The van der Waals surface area contributed by atoms with Crippen LogP contribution >= 0.6 is 0 Å². The molecule has 1 unspecified atom stereocenters. The van der Waals surface area contributed by atoms with Crippen LogP contribution in [0.5, 0.6) is 0 Å². The van der Waals surface area contributed by atoms with Gasteiger partial charge in [0.1, 0.15) is 0 Å². The van der Waals surface area contributed by atoms with E-state index in [2.05, 4.69) is 5.32 Å². The first-order chi connectivity index (χ1) is 5.38. The highest BCUT2D eigenvalue weighted by Gasteiger charge is 2.27. The van der Waals surface area contributed by atoms with Gasteiger partial charge in [0.15, 0.2) is 6.29 Å². The van der Waals surface area contributed by atoms with Crippen molar-refractivity contribution in [2.45, 2.75) is 32.6 Å². The predicted molar refractivity (Wildman–Crippen MR) is 43.4 cm³/mol. The van der Waals surface area contributed by atoms with Crippen LogP contribution in [0, 0.1) is 0 Å². The van der Waals surface area contributed by atoms with Crippen LogP contribution < -0.4 is 5.32 Å². The lowest BCUT2D eigenvalue weighted by molar-refractivity contribution is -0.163. The van der Waals surface area contributed by atoms with E-state index in [9.17, 15) is 0 Å². The zero-order valence-electron chi connectivity index (χ0n) is 7.30. The summed E-state index contributed by atoms with van der Waals surface area (Å²) in [6.45, 7) is 6.53. The van der Waals surface area contributed by atoms with E-state index in [1.165, 1.54) is 6.42 Å². The van der Waals surface area contributed by atoms with Gasteiger partial charge in [0.05, 0.1) is 6.04 Å². The second-order valence-electron chi connectivity index (χ2n) is 2.63. The lowest BCUT2D eigenvalue weighted by atomic mass is 10.1. The summed E-state index contributed by atoms with van der Waals surface area (Å²) >= 11 is 0. The van der Waals surface area contributed by atoms with Crippen LogP contribution in [-0.4, -0.2) is 32.1 Å². The third-order valence-corrected chi connectivity index (χ3v) is 1.85. The van der Waals surface area contributed by atoms with Crippen LogP contribution in [0.3, 0.4) is 0 Å². The largest absolute Gasteiger partial charge is 0.351 e. The Balaban J connectivity index is 2.19. The van der Waals surface area contributed by atoms with Crippen molar-refractivity contribution < 1.29 is 9.47 Å². The molecule has 0 amide bonds. The Labute approximate surface area is 68.1 Å². The third kappa shape index (κ3) is 2.43. The van der Waals surface area contributed by atoms with Crippen molar-refractivity contribution in [3.8, 4) is 0 Å². The molecule has 1 aliphatic heterocycles. The highest BCUT2D eigenvalue weighted by molar-refractivity contribution is 4.80. The Morgan fingerprint density at radius 1 is 1.36 bits per heavy atom. The zero-order chi connectivity index (χ0) is 8.10. The first-order valence-electron chi connectivity index (χ1n) is 4.35. The van der Waals surface area contributed by atoms with E-state index in [1.807, 2.05) is 13.8 Å². The molecule has 0 saturated carbocycles. The third-order valence-electron chi connectivity index (χ3n) is 1.85. The van der Waals surface area contributed by atoms with Gasteiger partial charge in [0.2, 0.25) is 0 Å². The number of hydrogen-bond donors (Lipinski definition) is 1. The molecule has 66 valence electrons. The average molecular weight is 159 g/mol. The number of rotatable bonds is 5. The molecule has 3 nitrogen and oxygen atoms in total. The van der Waals surface area contributed by atoms with Gasteiger partial charge >= 0.3 is 0 Å². The fourth-order valence-electron chi connectivity index (χ4n) is 1.15. The van der Waals surface area contributed by atoms with Crippen LogP contribution in [-0.2, 0) is 9.47 Å². The SMILES string of the molecule is CCOC(OCC)C1CCN1. The maximum atomic E-state index is 5.40. The maximum absolute atomic E-state index is 5.40. The molecule has 0 aromatic rings. The van der Waals surface area contributed by atoms with Crippen molar-refractivity contribution in [3.63, 3.8) is 0 Å². The normalized spacial score (nSPS) is 23.7. The average Bonchev–Trinajstić information content (AvgIpc) is 1.85. The monoisotopic (exact) mass is 159 g/mol. The van der Waals surface area contributed by atoms with E-state index in [1.54, 1.807) is 0 Å². The second-order valence-corrected chi connectivity index (χ2v) is 2.63. The first kappa shape index (κ1) is 8.97. The molecule has 1 atom stereocenters. The molecule has 1 fully saturated rings. The van der Waals surface area contributed by atoms with Gasteiger partial charge < -0.3 is 14.8 Å². The fraction of sp³-hybridized carbons (Fsp3) is 1.00. The lowest BCUT2D eigenvalue weighted by Gasteiger charge is -2.34. The van der Waals surface area contributed by atoms with Crippen molar-refractivity contribution in [2.24, 2.45) is 0 Å². The van der Waals surface area contributed by atoms with Gasteiger partial charge in [-0.1, -0.05) is 0 Å². The maximum Gasteiger partial charge on any atom is 0.172 e. The predicted octanol–water partition coefficient (Wildman–Crippen LogP) is 0.747. The molecule has 0 spiro atoms. The lowest BCUT2D eigenvalue weighted by Crippen LogP contribution is -2.52. The summed E-state index contributed by atoms with van der Waals surface area (Å²) in [6, 6.07) is 0.426. The van der Waals surface area contributed by atoms with Crippen LogP contribution in [0.1, 0.15) is 20.3 Å². The molecule has 3 heteroatoms. The minimum Gasteiger partial charge on any atom is -0.351 e. The minimum atomic E-state index is -0.0289. The molecule has 0 bridgehead atoms. The Morgan fingerprint density at radius 2 is 1.91 bits per heavy atom. The van der Waals surface area contributed by atoms with Crippen molar-refractivity contribution in [1.82, 2.24) is 5.32 Å². The summed E-state index contributed by atoms with van der Waals surface area (Å²) in [4.78, 5) is 0. The van der Waals surface area contributed by atoms with Crippen LogP contribution in [0.25, 0.3) is 0 Å². The fourth-order valence-corrected chi connectivity index (χ4v) is 1.15. The molecular formula is C8H17NO2. The number of ether oxygens (including phenoxy) is 2. The molecular weight excluding hydrogens is 142 g/mol. The van der Waals surface area contributed by atoms with Gasteiger partial charge in [0.25, 0.3) is 0 Å². The molecule has 11 heavy (non-hydrogen) atoms. The first-order valence-corrected chi connectivity index (χ1v) is 4.35. The number of nitrogens with one attached hydrogen (secondary N) is 1. The molecule has 1 N–H and O–H groups in total. The van der Waals surface area contributed by atoms with Gasteiger partial charge in [-0.25, -0.2) is 0 Å². The molecule has 0 aliphatic carbocycles. The molecule has 0 radical (unpaired) electrons. The van der Waals surface area contributed by atoms with Crippen molar-refractivity contribution in [3.05, 3.63) is 0 Å². The van der Waals surface area contributed by atoms with E-state index < -0.39 is 0 Å². The quantitative estimate of drug-likeness (QED) is 0.600. The summed E-state index contributed by atoms with van der Waals surface area (Å²) in [5.41, 5.74) is 0. The van der Waals surface area contributed by atoms with E-state index in [0.29, 0.717) is 6.04 Å². The topological polar surface area (TPSA) is 30.5 Å². The van der Waals surface area contributed by atoms with Gasteiger partial charge in [-0.2, -0.15) is 0 Å². The molecule has 1 saturated heterocycles. The van der Waals surface area contributed by atoms with Crippen LogP contribution in [0.2, 0.25) is 0 Å². The summed E-state index contributed by atoms with van der Waals surface area (Å²) in [5, 5.41) is 3.27. The van der Waals surface area contributed by atoms with E-state index in [0.717, 1.165) is 19.8 Å². The smallest absolute Gasteiger partial charge is 0.172 e. The molecule has 1 aliphatic rings. The van der Waals surface area contributed by atoms with E-state index in [-0.39, 0.29) is 6.29 Å². The number of hydrogen-bond acceptors (Lipinski definition) is 3. The van der Waals surface area contributed by atoms with Gasteiger partial charge in [-0.05, 0) is 26.8 Å². The minimum absolute atomic E-state index is 0.0289. The molecule has 1 rings (SSSR count). The highest BCUT2D eigenvalue weighted by atomic mass is 16.7. The van der Waals surface area contributed by atoms with Gasteiger partial charge in [-0.3, -0.25) is 0 Å². The second kappa shape index (κ2) is 4.70. The van der Waals surface area contributed by atoms with E-state index in [4.69, 9.17) is 9.47 Å². The van der Waals surface area contributed by atoms with Gasteiger partial charge in [-0.15, -0.1) is 0 Å². The van der Waals surface area contributed by atoms with Crippen molar-refractivity contribution in [2.75, 3.05) is 19.8 Å². The molecule has 0 aromatic heterocycles. The van der Waals surface area contributed by atoms with E-state index >= 15 is 0 Å². The Bertz CT molecular complexity index is 98.3. The van der Waals surface area contributed by atoms with Crippen molar-refractivity contribution in [1.29, 1.82) is 0 Å². The standard InChI is InChI=1S/C8H17NO2/c1-3-10-8(11-4-2)7-5-6-9-7/h7-9H,3-6H2,1-2H3. The van der Waals surface area contributed by atoms with Gasteiger partial charge in [0, 0.05) is 13.2 Å². The Morgan fingerprint density at radius 3 is 2.18 bits per heavy atom. The summed E-state index contributed by atoms with van der Waals surface area (Å²) in [7, 11) is 0. The summed E-state index contributed by atoms with van der Waals surface area (Å²) in [5.74, 6) is 0. The van der Waals surface area contributed by atoms with Crippen molar-refractivity contribution >= 4 is 0 Å². The Hall–Kier alpha value is -0.120. The van der Waals surface area contributed by atoms with Crippen LogP contribution in [0.4, 0.5) is 0 Å². The molecule has 1 heterocycles. The Kier molecular flexibility index (Phi) is 3.83. The molecule has 0 aromatic carbocycles. The van der Waals surface area contributed by atoms with Crippen LogP contribution in [0.15, 0.2) is 0 Å². The summed E-state index contributed by atoms with van der Waals surface area (Å²) in [6.07, 6.45) is 1.14. The zero-order valence-corrected chi connectivity index (χ0v) is 7.30. The highest BCUT2D eigenvalue weighted by Crippen LogP contribution is 2.11. The summed E-state index contributed by atoms with van der Waals surface area (Å²) < 4.78 is 10.8.